The maximum absolute atomic E-state index is 9.80. The van der Waals surface area contributed by atoms with Crippen LogP contribution < -0.4 is 0 Å². The van der Waals surface area contributed by atoms with E-state index in [4.69, 9.17) is 0 Å². The Morgan fingerprint density at radius 3 is 1.75 bits per heavy atom. The zero-order valence-electron chi connectivity index (χ0n) is 7.61. The molecule has 0 aliphatic heterocycles. The molecular formula is C10H18O2. The number of hydrogen-bond acceptors (Lipinski definition) is 2. The average Bonchev–Trinajstić information content (AvgIpc) is 2.33. The number of fused-ring (bicyclic) bond motifs is 1. The van der Waals surface area contributed by atoms with Crippen LogP contribution in [0.25, 0.3) is 0 Å². The van der Waals surface area contributed by atoms with Gasteiger partial charge in [0, 0.05) is 5.92 Å². The van der Waals surface area contributed by atoms with Gasteiger partial charge in [-0.25, -0.2) is 0 Å². The van der Waals surface area contributed by atoms with E-state index in [0.717, 1.165) is 12.8 Å². The smallest absolute Gasteiger partial charge is 0.0622 e. The highest BCUT2D eigenvalue weighted by Crippen LogP contribution is 2.45. The molecule has 0 bridgehead atoms. The lowest BCUT2D eigenvalue weighted by atomic mass is 9.80. The number of aliphatic hydroxyl groups excluding tert-OH is 2. The van der Waals surface area contributed by atoms with Gasteiger partial charge in [-0.1, -0.05) is 19.8 Å². The number of rotatable bonds is 0. The van der Waals surface area contributed by atoms with Crippen LogP contribution in [0.2, 0.25) is 0 Å². The lowest BCUT2D eigenvalue weighted by Crippen LogP contribution is -2.25. The molecule has 12 heavy (non-hydrogen) atoms. The highest BCUT2D eigenvalue weighted by atomic mass is 16.3. The molecule has 4 unspecified atom stereocenters. The van der Waals surface area contributed by atoms with E-state index in [1.165, 1.54) is 12.8 Å². The van der Waals surface area contributed by atoms with Crippen LogP contribution in [-0.2, 0) is 0 Å². The van der Waals surface area contributed by atoms with Crippen molar-refractivity contribution in [3.8, 4) is 0 Å². The van der Waals surface area contributed by atoms with Gasteiger partial charge in [-0.2, -0.15) is 0 Å². The fourth-order valence-electron chi connectivity index (χ4n) is 3.02. The quantitative estimate of drug-likeness (QED) is 0.573. The minimum absolute atomic E-state index is 0.0955. The second-order valence-corrected chi connectivity index (χ2v) is 4.45. The van der Waals surface area contributed by atoms with Crippen molar-refractivity contribution >= 4 is 0 Å². The topological polar surface area (TPSA) is 40.5 Å². The van der Waals surface area contributed by atoms with E-state index < -0.39 is 0 Å². The van der Waals surface area contributed by atoms with Crippen molar-refractivity contribution in [1.82, 2.24) is 0 Å². The van der Waals surface area contributed by atoms with Gasteiger partial charge >= 0.3 is 0 Å². The first-order valence-corrected chi connectivity index (χ1v) is 5.08. The minimum Gasteiger partial charge on any atom is -0.392 e. The Bertz CT molecular complexity index is 151. The zero-order valence-corrected chi connectivity index (χ0v) is 7.61. The molecule has 0 spiro atoms. The third kappa shape index (κ3) is 1.09. The maximum Gasteiger partial charge on any atom is 0.0622 e. The molecule has 0 aromatic rings. The van der Waals surface area contributed by atoms with Crippen LogP contribution in [-0.4, -0.2) is 22.4 Å². The van der Waals surface area contributed by atoms with Crippen molar-refractivity contribution in [1.29, 1.82) is 0 Å². The molecule has 2 aliphatic rings. The van der Waals surface area contributed by atoms with Crippen LogP contribution in [0.15, 0.2) is 0 Å². The van der Waals surface area contributed by atoms with Gasteiger partial charge in [0.15, 0.2) is 0 Å². The van der Waals surface area contributed by atoms with E-state index >= 15 is 0 Å². The van der Waals surface area contributed by atoms with Gasteiger partial charge in [0.1, 0.15) is 0 Å². The number of hydrogen-bond donors (Lipinski definition) is 2. The van der Waals surface area contributed by atoms with Gasteiger partial charge in [0.25, 0.3) is 0 Å². The lowest BCUT2D eigenvalue weighted by Gasteiger charge is -2.27. The first-order valence-electron chi connectivity index (χ1n) is 5.08. The molecule has 2 nitrogen and oxygen atoms in total. The lowest BCUT2D eigenvalue weighted by molar-refractivity contribution is 0.0609. The molecular weight excluding hydrogens is 152 g/mol. The first-order chi connectivity index (χ1) is 5.72. The molecule has 4 atom stereocenters. The van der Waals surface area contributed by atoms with E-state index in [9.17, 15) is 10.2 Å². The average molecular weight is 170 g/mol. The fraction of sp³-hybridized carbons (Fsp3) is 1.00. The van der Waals surface area contributed by atoms with Gasteiger partial charge in [0.05, 0.1) is 12.2 Å². The molecule has 0 heterocycles. The molecule has 2 fully saturated rings. The molecule has 2 heteroatoms. The van der Waals surface area contributed by atoms with Crippen molar-refractivity contribution in [3.05, 3.63) is 0 Å². The summed E-state index contributed by atoms with van der Waals surface area (Å²) in [5.74, 6) is 0.880. The van der Waals surface area contributed by atoms with Crippen LogP contribution in [0.5, 0.6) is 0 Å². The molecule has 2 N–H and O–H groups in total. The largest absolute Gasteiger partial charge is 0.392 e. The normalized spacial score (nSPS) is 53.8. The Morgan fingerprint density at radius 2 is 1.33 bits per heavy atom. The third-order valence-corrected chi connectivity index (χ3v) is 3.83. The summed E-state index contributed by atoms with van der Waals surface area (Å²) in [5, 5.41) is 19.6. The summed E-state index contributed by atoms with van der Waals surface area (Å²) in [6.07, 6.45) is 4.21. The maximum atomic E-state index is 9.80. The molecule has 0 radical (unpaired) electrons. The van der Waals surface area contributed by atoms with E-state index in [-0.39, 0.29) is 18.1 Å². The predicted octanol–water partition coefficient (Wildman–Crippen LogP) is 1.16. The van der Waals surface area contributed by atoms with Gasteiger partial charge in [0.2, 0.25) is 0 Å². The third-order valence-electron chi connectivity index (χ3n) is 3.83. The molecule has 70 valence electrons. The Hall–Kier alpha value is -0.0800. The summed E-state index contributed by atoms with van der Waals surface area (Å²) in [7, 11) is 0. The minimum atomic E-state index is -0.245. The van der Waals surface area contributed by atoms with Crippen LogP contribution in [0, 0.1) is 17.8 Å². The van der Waals surface area contributed by atoms with E-state index in [2.05, 4.69) is 0 Å². The highest BCUT2D eigenvalue weighted by molar-refractivity contribution is 4.96. The van der Waals surface area contributed by atoms with Crippen LogP contribution in [0.1, 0.15) is 32.6 Å². The van der Waals surface area contributed by atoms with Gasteiger partial charge in [-0.05, 0) is 24.7 Å². The molecule has 0 aromatic carbocycles. The van der Waals surface area contributed by atoms with Crippen LogP contribution in [0.3, 0.4) is 0 Å². The van der Waals surface area contributed by atoms with E-state index in [1.54, 1.807) is 0 Å². The van der Waals surface area contributed by atoms with Crippen LogP contribution >= 0.6 is 0 Å². The van der Waals surface area contributed by atoms with E-state index in [0.29, 0.717) is 11.8 Å². The van der Waals surface area contributed by atoms with Crippen molar-refractivity contribution in [2.75, 3.05) is 0 Å². The van der Waals surface area contributed by atoms with E-state index in [1.807, 2.05) is 6.92 Å². The summed E-state index contributed by atoms with van der Waals surface area (Å²) in [4.78, 5) is 0. The Balaban J connectivity index is 2.14. The summed E-state index contributed by atoms with van der Waals surface area (Å²) in [6, 6.07) is 0. The zero-order chi connectivity index (χ0) is 8.72. The Morgan fingerprint density at radius 1 is 0.917 bits per heavy atom. The Labute approximate surface area is 73.6 Å². The standard InChI is InChI=1S/C10H18O2/c1-6-9(11)7-4-2-3-5-8(7)10(6)12/h6-12H,2-5H2,1H3. The van der Waals surface area contributed by atoms with Crippen molar-refractivity contribution in [2.24, 2.45) is 17.8 Å². The predicted molar refractivity (Wildman–Crippen MR) is 46.6 cm³/mol. The summed E-state index contributed by atoms with van der Waals surface area (Å²) in [6.45, 7) is 1.97. The molecule has 2 saturated carbocycles. The highest BCUT2D eigenvalue weighted by Gasteiger charge is 2.47. The van der Waals surface area contributed by atoms with Crippen molar-refractivity contribution in [2.45, 2.75) is 44.8 Å². The van der Waals surface area contributed by atoms with Crippen molar-refractivity contribution < 1.29 is 10.2 Å². The summed E-state index contributed by atoms with van der Waals surface area (Å²) >= 11 is 0. The van der Waals surface area contributed by atoms with Gasteiger partial charge in [-0.3, -0.25) is 0 Å². The fourth-order valence-corrected chi connectivity index (χ4v) is 3.02. The number of aliphatic hydroxyl groups is 2. The van der Waals surface area contributed by atoms with Crippen molar-refractivity contribution in [3.63, 3.8) is 0 Å². The van der Waals surface area contributed by atoms with Crippen LogP contribution in [0.4, 0.5) is 0 Å². The first kappa shape index (κ1) is 8.52. The van der Waals surface area contributed by atoms with Gasteiger partial charge in [-0.15, -0.1) is 0 Å². The summed E-state index contributed by atoms with van der Waals surface area (Å²) in [5.41, 5.74) is 0. The second-order valence-electron chi connectivity index (χ2n) is 4.45. The Kier molecular flexibility index (Phi) is 2.13. The molecule has 0 saturated heterocycles. The second kappa shape index (κ2) is 3.00. The van der Waals surface area contributed by atoms with Gasteiger partial charge < -0.3 is 10.2 Å². The molecule has 2 aliphatic carbocycles. The summed E-state index contributed by atoms with van der Waals surface area (Å²) < 4.78 is 0. The molecule has 2 rings (SSSR count). The SMILES string of the molecule is CC1C(O)C2CCCCC2C1O. The molecule has 0 amide bonds. The molecule has 0 aromatic heterocycles. The monoisotopic (exact) mass is 170 g/mol.